The number of carbonyl (C=O) groups excluding carboxylic acids is 1. The summed E-state index contributed by atoms with van der Waals surface area (Å²) in [6, 6.07) is 31.4. The highest BCUT2D eigenvalue weighted by atomic mass is 32.1. The SMILES string of the molecule is O=C(Cc1cccc2ccccc12)NC(=S)Nc1ccccc1OCc1ccccc1. The fourth-order valence-electron chi connectivity index (χ4n) is 3.38. The van der Waals surface area contributed by atoms with Crippen LogP contribution in [0.2, 0.25) is 0 Å². The smallest absolute Gasteiger partial charge is 0.230 e. The Morgan fingerprint density at radius 3 is 2.39 bits per heavy atom. The standard InChI is InChI=1S/C26H22N2O2S/c29-25(17-21-13-8-12-20-11-4-5-14-22(20)21)28-26(31)27-23-15-6-7-16-24(23)30-18-19-9-2-1-3-10-19/h1-16H,17-18H2,(H2,27,28,29,31). The third-order valence-corrected chi connectivity index (χ3v) is 5.06. The molecule has 0 aliphatic carbocycles. The van der Waals surface area contributed by atoms with Crippen LogP contribution in [0.4, 0.5) is 5.69 Å². The Labute approximate surface area is 186 Å². The van der Waals surface area contributed by atoms with Crippen molar-refractivity contribution in [3.8, 4) is 5.75 Å². The first kappa shape index (κ1) is 20.6. The van der Waals surface area contributed by atoms with E-state index >= 15 is 0 Å². The summed E-state index contributed by atoms with van der Waals surface area (Å²) in [7, 11) is 0. The van der Waals surface area contributed by atoms with Gasteiger partial charge in [-0.1, -0.05) is 84.9 Å². The summed E-state index contributed by atoms with van der Waals surface area (Å²) in [6.45, 7) is 0.444. The lowest BCUT2D eigenvalue weighted by Crippen LogP contribution is -2.35. The van der Waals surface area contributed by atoms with E-state index in [9.17, 15) is 4.79 Å². The minimum absolute atomic E-state index is 0.170. The zero-order chi connectivity index (χ0) is 21.5. The van der Waals surface area contributed by atoms with Gasteiger partial charge in [0.05, 0.1) is 12.1 Å². The number of thiocarbonyl (C=S) groups is 1. The lowest BCUT2D eigenvalue weighted by atomic mass is 10.0. The van der Waals surface area contributed by atoms with Gasteiger partial charge in [0.1, 0.15) is 12.4 Å². The molecule has 4 aromatic carbocycles. The molecule has 0 radical (unpaired) electrons. The highest BCUT2D eigenvalue weighted by molar-refractivity contribution is 7.80. The van der Waals surface area contributed by atoms with Crippen molar-refractivity contribution >= 4 is 39.7 Å². The maximum atomic E-state index is 12.6. The zero-order valence-corrected chi connectivity index (χ0v) is 17.7. The van der Waals surface area contributed by atoms with E-state index in [0.717, 1.165) is 21.9 Å². The first-order valence-electron chi connectivity index (χ1n) is 10.0. The van der Waals surface area contributed by atoms with Crippen molar-refractivity contribution in [2.24, 2.45) is 0 Å². The summed E-state index contributed by atoms with van der Waals surface area (Å²) in [4.78, 5) is 12.6. The third kappa shape index (κ3) is 5.47. The number of hydrogen-bond acceptors (Lipinski definition) is 3. The van der Waals surface area contributed by atoms with E-state index in [-0.39, 0.29) is 17.4 Å². The van der Waals surface area contributed by atoms with Crippen LogP contribution in [-0.2, 0) is 17.8 Å². The van der Waals surface area contributed by atoms with E-state index in [1.54, 1.807) is 0 Å². The van der Waals surface area contributed by atoms with Gasteiger partial charge in [-0.15, -0.1) is 0 Å². The number of hydrogen-bond donors (Lipinski definition) is 2. The predicted octanol–water partition coefficient (Wildman–Crippen LogP) is 5.47. The molecule has 0 unspecified atom stereocenters. The number of rotatable bonds is 6. The van der Waals surface area contributed by atoms with Gasteiger partial charge in [0.15, 0.2) is 5.11 Å². The average molecular weight is 427 g/mol. The van der Waals surface area contributed by atoms with Crippen molar-refractivity contribution in [2.45, 2.75) is 13.0 Å². The molecule has 5 heteroatoms. The minimum atomic E-state index is -0.170. The molecular weight excluding hydrogens is 404 g/mol. The molecule has 0 spiro atoms. The van der Waals surface area contributed by atoms with Gasteiger partial charge in [0.2, 0.25) is 5.91 Å². The van der Waals surface area contributed by atoms with Gasteiger partial charge in [-0.25, -0.2) is 0 Å². The molecule has 0 aliphatic rings. The summed E-state index contributed by atoms with van der Waals surface area (Å²) in [5, 5.41) is 8.26. The van der Waals surface area contributed by atoms with Crippen LogP contribution < -0.4 is 15.4 Å². The van der Waals surface area contributed by atoms with Crippen molar-refractivity contribution in [2.75, 3.05) is 5.32 Å². The normalized spacial score (nSPS) is 10.5. The molecule has 0 fully saturated rings. The Hall–Kier alpha value is -3.70. The molecule has 154 valence electrons. The number of nitrogens with one attached hydrogen (secondary N) is 2. The highest BCUT2D eigenvalue weighted by Gasteiger charge is 2.11. The fraction of sp³-hybridized carbons (Fsp3) is 0.0769. The van der Waals surface area contributed by atoms with Gasteiger partial charge in [0, 0.05) is 0 Å². The van der Waals surface area contributed by atoms with Crippen molar-refractivity contribution in [1.29, 1.82) is 0 Å². The van der Waals surface area contributed by atoms with Gasteiger partial charge >= 0.3 is 0 Å². The maximum absolute atomic E-state index is 12.6. The topological polar surface area (TPSA) is 50.4 Å². The summed E-state index contributed by atoms with van der Waals surface area (Å²) in [6.07, 6.45) is 0.245. The van der Waals surface area contributed by atoms with Crippen LogP contribution in [-0.4, -0.2) is 11.0 Å². The van der Waals surface area contributed by atoms with Crippen LogP contribution in [0.3, 0.4) is 0 Å². The van der Waals surface area contributed by atoms with Crippen molar-refractivity contribution < 1.29 is 9.53 Å². The van der Waals surface area contributed by atoms with E-state index in [0.29, 0.717) is 18.0 Å². The van der Waals surface area contributed by atoms with E-state index < -0.39 is 0 Å². The molecule has 2 N–H and O–H groups in total. The second-order valence-electron chi connectivity index (χ2n) is 7.09. The number of benzene rings is 4. The first-order chi connectivity index (χ1) is 15.2. The van der Waals surface area contributed by atoms with Gasteiger partial charge in [-0.2, -0.15) is 0 Å². The number of carbonyl (C=O) groups is 1. The van der Waals surface area contributed by atoms with Crippen LogP contribution >= 0.6 is 12.2 Å². The van der Waals surface area contributed by atoms with Crippen LogP contribution in [0.15, 0.2) is 97.1 Å². The van der Waals surface area contributed by atoms with Crippen LogP contribution in [0.5, 0.6) is 5.75 Å². The molecule has 0 aliphatic heterocycles. The monoisotopic (exact) mass is 426 g/mol. The van der Waals surface area contributed by atoms with Gasteiger partial charge in [0.25, 0.3) is 0 Å². The lowest BCUT2D eigenvalue weighted by Gasteiger charge is -2.14. The predicted molar refractivity (Wildman–Crippen MR) is 129 cm³/mol. The fourth-order valence-corrected chi connectivity index (χ4v) is 3.60. The van der Waals surface area contributed by atoms with Gasteiger partial charge in [-0.3, -0.25) is 4.79 Å². The van der Waals surface area contributed by atoms with Gasteiger partial charge in [-0.05, 0) is 46.2 Å². The maximum Gasteiger partial charge on any atom is 0.230 e. The molecule has 4 aromatic rings. The highest BCUT2D eigenvalue weighted by Crippen LogP contribution is 2.25. The summed E-state index contributed by atoms with van der Waals surface area (Å²) >= 11 is 5.36. The molecule has 0 aromatic heterocycles. The number of para-hydroxylation sites is 2. The Morgan fingerprint density at radius 1 is 0.806 bits per heavy atom. The van der Waals surface area contributed by atoms with E-state index in [1.807, 2.05) is 97.1 Å². The van der Waals surface area contributed by atoms with Crippen LogP contribution in [0.25, 0.3) is 10.8 Å². The molecule has 0 atom stereocenters. The molecule has 0 heterocycles. The molecule has 0 saturated carbocycles. The third-order valence-electron chi connectivity index (χ3n) is 4.86. The quantitative estimate of drug-likeness (QED) is 0.401. The Morgan fingerprint density at radius 2 is 1.52 bits per heavy atom. The minimum Gasteiger partial charge on any atom is -0.487 e. The Bertz CT molecular complexity index is 1200. The second-order valence-corrected chi connectivity index (χ2v) is 7.50. The number of amides is 1. The van der Waals surface area contributed by atoms with Crippen molar-refractivity contribution in [3.05, 3.63) is 108 Å². The van der Waals surface area contributed by atoms with E-state index in [4.69, 9.17) is 17.0 Å². The van der Waals surface area contributed by atoms with E-state index in [2.05, 4.69) is 10.6 Å². The molecule has 1 amide bonds. The zero-order valence-electron chi connectivity index (χ0n) is 16.9. The summed E-state index contributed by atoms with van der Waals surface area (Å²) < 4.78 is 5.94. The van der Waals surface area contributed by atoms with Crippen LogP contribution in [0, 0.1) is 0 Å². The van der Waals surface area contributed by atoms with Gasteiger partial charge < -0.3 is 15.4 Å². The van der Waals surface area contributed by atoms with Crippen molar-refractivity contribution in [3.63, 3.8) is 0 Å². The summed E-state index contributed by atoms with van der Waals surface area (Å²) in [5.41, 5.74) is 2.74. The Kier molecular flexibility index (Phi) is 6.55. The molecular formula is C26H22N2O2S. The molecule has 4 rings (SSSR count). The molecule has 0 saturated heterocycles. The summed E-state index contributed by atoms with van der Waals surface area (Å²) in [5.74, 6) is 0.494. The molecule has 31 heavy (non-hydrogen) atoms. The van der Waals surface area contributed by atoms with Crippen LogP contribution in [0.1, 0.15) is 11.1 Å². The molecule has 4 nitrogen and oxygen atoms in total. The second kappa shape index (κ2) is 9.87. The largest absolute Gasteiger partial charge is 0.487 e. The number of anilines is 1. The lowest BCUT2D eigenvalue weighted by molar-refractivity contribution is -0.119. The Balaban J connectivity index is 1.38. The number of fused-ring (bicyclic) bond motifs is 1. The number of ether oxygens (including phenoxy) is 1. The van der Waals surface area contributed by atoms with E-state index in [1.165, 1.54) is 0 Å². The average Bonchev–Trinajstić information content (AvgIpc) is 2.79. The first-order valence-corrected chi connectivity index (χ1v) is 10.4. The van der Waals surface area contributed by atoms with Crippen molar-refractivity contribution in [1.82, 2.24) is 5.32 Å². The molecule has 0 bridgehead atoms.